The Balaban J connectivity index is 1.94. The summed E-state index contributed by atoms with van der Waals surface area (Å²) >= 11 is 0.432. The molecule has 0 unspecified atom stereocenters. The summed E-state index contributed by atoms with van der Waals surface area (Å²) in [5.74, 6) is 0. The van der Waals surface area contributed by atoms with Crippen LogP contribution in [0.3, 0.4) is 0 Å². The monoisotopic (exact) mass is 300 g/mol. The van der Waals surface area contributed by atoms with Gasteiger partial charge < -0.3 is 0 Å². The van der Waals surface area contributed by atoms with Crippen LogP contribution in [0.1, 0.15) is 24.0 Å². The second-order valence-electron chi connectivity index (χ2n) is 4.53. The van der Waals surface area contributed by atoms with E-state index >= 15 is 0 Å². The van der Waals surface area contributed by atoms with Crippen molar-refractivity contribution >= 4 is 23.9 Å². The molecule has 0 N–H and O–H groups in total. The summed E-state index contributed by atoms with van der Waals surface area (Å²) in [6.45, 7) is 0. The Morgan fingerprint density at radius 2 is 1.61 bits per heavy atom. The van der Waals surface area contributed by atoms with Crippen molar-refractivity contribution in [3.8, 4) is 0 Å². The molecular weight excluding hydrogens is 283 g/mol. The SMILES string of the molecule is C1=C([Se]c2ccccc2)c2ccccc2CCC1. The molecule has 0 radical (unpaired) electrons. The fourth-order valence-corrected chi connectivity index (χ4v) is 4.55. The molecule has 0 atom stereocenters. The molecule has 0 saturated heterocycles. The molecule has 0 nitrogen and oxygen atoms in total. The van der Waals surface area contributed by atoms with Crippen molar-refractivity contribution in [3.63, 3.8) is 0 Å². The maximum atomic E-state index is 2.46. The molecule has 18 heavy (non-hydrogen) atoms. The predicted octanol–water partition coefficient (Wildman–Crippen LogP) is 3.39. The molecule has 0 bridgehead atoms. The van der Waals surface area contributed by atoms with Crippen molar-refractivity contribution in [2.75, 3.05) is 0 Å². The van der Waals surface area contributed by atoms with Gasteiger partial charge in [0.1, 0.15) is 0 Å². The Hall–Kier alpha value is -1.30. The van der Waals surface area contributed by atoms with Gasteiger partial charge in [0.15, 0.2) is 0 Å². The fraction of sp³-hybridized carbons (Fsp3) is 0.176. The summed E-state index contributed by atoms with van der Waals surface area (Å²) in [4.78, 5) is 0. The van der Waals surface area contributed by atoms with Crippen LogP contribution in [0.25, 0.3) is 4.47 Å². The summed E-state index contributed by atoms with van der Waals surface area (Å²) in [5, 5.41) is 0. The topological polar surface area (TPSA) is 0 Å². The van der Waals surface area contributed by atoms with Gasteiger partial charge in [-0.2, -0.15) is 0 Å². The van der Waals surface area contributed by atoms with Crippen LogP contribution in [0, 0.1) is 0 Å². The minimum atomic E-state index is 0.432. The zero-order valence-corrected chi connectivity index (χ0v) is 12.0. The van der Waals surface area contributed by atoms with E-state index in [1.807, 2.05) is 0 Å². The second-order valence-corrected chi connectivity index (χ2v) is 6.87. The van der Waals surface area contributed by atoms with Crippen LogP contribution in [0.15, 0.2) is 60.7 Å². The van der Waals surface area contributed by atoms with Crippen molar-refractivity contribution in [2.24, 2.45) is 0 Å². The summed E-state index contributed by atoms with van der Waals surface area (Å²) in [7, 11) is 0. The number of fused-ring (bicyclic) bond motifs is 1. The van der Waals surface area contributed by atoms with Gasteiger partial charge in [0.25, 0.3) is 0 Å². The van der Waals surface area contributed by atoms with Crippen molar-refractivity contribution in [1.29, 1.82) is 0 Å². The van der Waals surface area contributed by atoms with Gasteiger partial charge in [0.05, 0.1) is 0 Å². The molecule has 0 amide bonds. The van der Waals surface area contributed by atoms with E-state index in [1.165, 1.54) is 34.9 Å². The first-order valence-corrected chi connectivity index (χ1v) is 8.16. The third kappa shape index (κ3) is 2.58. The first-order valence-electron chi connectivity index (χ1n) is 6.45. The zero-order chi connectivity index (χ0) is 12.2. The quantitative estimate of drug-likeness (QED) is 0.746. The third-order valence-electron chi connectivity index (χ3n) is 3.23. The molecule has 2 aromatic carbocycles. The Labute approximate surface area is 115 Å². The third-order valence-corrected chi connectivity index (χ3v) is 5.57. The number of benzene rings is 2. The molecule has 1 heteroatoms. The van der Waals surface area contributed by atoms with Gasteiger partial charge in [-0.05, 0) is 0 Å². The number of hydrogen-bond acceptors (Lipinski definition) is 0. The van der Waals surface area contributed by atoms with Gasteiger partial charge >= 0.3 is 115 Å². The molecule has 90 valence electrons. The summed E-state index contributed by atoms with van der Waals surface area (Å²) in [6, 6.07) is 19.8. The van der Waals surface area contributed by atoms with Crippen LogP contribution in [0.4, 0.5) is 0 Å². The fourth-order valence-electron chi connectivity index (χ4n) is 2.33. The van der Waals surface area contributed by atoms with Gasteiger partial charge in [0.2, 0.25) is 0 Å². The Morgan fingerprint density at radius 1 is 0.833 bits per heavy atom. The van der Waals surface area contributed by atoms with Crippen molar-refractivity contribution in [3.05, 3.63) is 71.8 Å². The number of aryl methyl sites for hydroxylation is 1. The van der Waals surface area contributed by atoms with Gasteiger partial charge in [-0.1, -0.05) is 0 Å². The standard InChI is InChI=1S/C17H16Se/c1-2-10-15(11-3-1)18-17-13-7-5-9-14-8-4-6-12-16(14)17/h1-4,6,8,10-13H,5,7,9H2. The van der Waals surface area contributed by atoms with Crippen LogP contribution in [-0.4, -0.2) is 15.0 Å². The first-order chi connectivity index (χ1) is 8.93. The van der Waals surface area contributed by atoms with Gasteiger partial charge in [-0.15, -0.1) is 0 Å². The molecule has 2 aromatic rings. The van der Waals surface area contributed by atoms with Crippen LogP contribution < -0.4 is 4.46 Å². The molecule has 0 saturated carbocycles. The van der Waals surface area contributed by atoms with E-state index in [1.54, 1.807) is 4.47 Å². The average Bonchev–Trinajstić information content (AvgIpc) is 2.63. The van der Waals surface area contributed by atoms with E-state index in [-0.39, 0.29) is 0 Å². The summed E-state index contributed by atoms with van der Waals surface area (Å²) in [6.07, 6.45) is 6.18. The molecule has 0 heterocycles. The molecule has 1 aliphatic rings. The predicted molar refractivity (Wildman–Crippen MR) is 79.2 cm³/mol. The molecule has 0 aliphatic heterocycles. The van der Waals surface area contributed by atoms with Gasteiger partial charge in [-0.3, -0.25) is 0 Å². The Kier molecular flexibility index (Phi) is 3.64. The van der Waals surface area contributed by atoms with Gasteiger partial charge in [0, 0.05) is 0 Å². The molecule has 0 fully saturated rings. The van der Waals surface area contributed by atoms with Gasteiger partial charge in [-0.25, -0.2) is 0 Å². The van der Waals surface area contributed by atoms with Crippen molar-refractivity contribution in [2.45, 2.75) is 19.3 Å². The maximum absolute atomic E-state index is 2.46. The van der Waals surface area contributed by atoms with E-state index in [0.29, 0.717) is 15.0 Å². The molecule has 0 spiro atoms. The van der Waals surface area contributed by atoms with Crippen LogP contribution >= 0.6 is 0 Å². The van der Waals surface area contributed by atoms with E-state index in [0.717, 1.165) is 0 Å². The molecular formula is C17H16Se. The van der Waals surface area contributed by atoms with E-state index in [2.05, 4.69) is 60.7 Å². The van der Waals surface area contributed by atoms with Crippen LogP contribution in [0.2, 0.25) is 0 Å². The van der Waals surface area contributed by atoms with Crippen molar-refractivity contribution < 1.29 is 0 Å². The second kappa shape index (κ2) is 5.56. The first kappa shape index (κ1) is 11.8. The minimum absolute atomic E-state index is 0.432. The number of rotatable bonds is 2. The molecule has 1 aliphatic carbocycles. The summed E-state index contributed by atoms with van der Waals surface area (Å²) < 4.78 is 3.02. The van der Waals surface area contributed by atoms with Crippen LogP contribution in [0.5, 0.6) is 0 Å². The molecule has 3 rings (SSSR count). The molecule has 0 aromatic heterocycles. The van der Waals surface area contributed by atoms with E-state index in [4.69, 9.17) is 0 Å². The van der Waals surface area contributed by atoms with E-state index < -0.39 is 0 Å². The van der Waals surface area contributed by atoms with E-state index in [9.17, 15) is 0 Å². The zero-order valence-electron chi connectivity index (χ0n) is 10.3. The van der Waals surface area contributed by atoms with Crippen LogP contribution in [-0.2, 0) is 6.42 Å². The number of hydrogen-bond donors (Lipinski definition) is 0. The van der Waals surface area contributed by atoms with Crippen molar-refractivity contribution in [1.82, 2.24) is 0 Å². The number of allylic oxidation sites excluding steroid dienone is 1. The Bertz CT molecular complexity index is 555. The average molecular weight is 299 g/mol. The Morgan fingerprint density at radius 3 is 2.50 bits per heavy atom. The summed E-state index contributed by atoms with van der Waals surface area (Å²) in [5.41, 5.74) is 3.01. The normalized spacial score (nSPS) is 14.6.